The van der Waals surface area contributed by atoms with Crippen LogP contribution in [0.15, 0.2) is 48.6 Å². The lowest BCUT2D eigenvalue weighted by Gasteiger charge is -2.20. The highest BCUT2D eigenvalue weighted by molar-refractivity contribution is 7.47. The van der Waals surface area contributed by atoms with Gasteiger partial charge in [0.05, 0.1) is 19.8 Å². The summed E-state index contributed by atoms with van der Waals surface area (Å²) in [5.74, 6) is -1.00. The quantitative estimate of drug-likeness (QED) is 0.0308. The molecular weight excluding hydrogens is 599 g/mol. The monoisotopic (exact) mass is 658 g/mol. The Morgan fingerprint density at radius 2 is 1.22 bits per heavy atom. The van der Waals surface area contributed by atoms with E-state index in [9.17, 15) is 24.2 Å². The molecule has 0 saturated heterocycles. The molecule has 0 aliphatic rings. The Morgan fingerprint density at radius 3 is 1.80 bits per heavy atom. The van der Waals surface area contributed by atoms with Crippen molar-refractivity contribution in [1.82, 2.24) is 0 Å². The molecule has 10 nitrogen and oxygen atoms in total. The van der Waals surface area contributed by atoms with Crippen LogP contribution < -0.4 is 0 Å². The number of hydrogen-bond acceptors (Lipinski definition) is 9. The molecule has 0 saturated carbocycles. The Balaban J connectivity index is 4.04. The molecule has 3 N–H and O–H groups in total. The van der Waals surface area contributed by atoms with Crippen molar-refractivity contribution in [3.63, 3.8) is 0 Å². The lowest BCUT2D eigenvalue weighted by atomic mass is 10.1. The van der Waals surface area contributed by atoms with Gasteiger partial charge in [0.2, 0.25) is 0 Å². The molecular formula is C34H59O10P. The Morgan fingerprint density at radius 1 is 0.689 bits per heavy atom. The van der Waals surface area contributed by atoms with Crippen LogP contribution in [0.5, 0.6) is 0 Å². The van der Waals surface area contributed by atoms with E-state index in [0.29, 0.717) is 12.8 Å². The number of aliphatic hydroxyl groups is 2. The number of esters is 2. The fraction of sp³-hybridized carbons (Fsp3) is 0.706. The van der Waals surface area contributed by atoms with Crippen LogP contribution in [0.4, 0.5) is 0 Å². The van der Waals surface area contributed by atoms with Gasteiger partial charge < -0.3 is 24.6 Å². The number of rotatable bonds is 30. The molecule has 0 heterocycles. The second kappa shape index (κ2) is 30.6. The van der Waals surface area contributed by atoms with Gasteiger partial charge in [-0.1, -0.05) is 101 Å². The van der Waals surface area contributed by atoms with Gasteiger partial charge in [-0.25, -0.2) is 4.57 Å². The number of carbonyl (C=O) groups is 2. The average molecular weight is 659 g/mol. The maximum Gasteiger partial charge on any atom is 0.472 e. The summed E-state index contributed by atoms with van der Waals surface area (Å²) in [6.45, 7) is 1.81. The van der Waals surface area contributed by atoms with E-state index in [2.05, 4.69) is 60.1 Å². The summed E-state index contributed by atoms with van der Waals surface area (Å²) >= 11 is 0. The van der Waals surface area contributed by atoms with Crippen LogP contribution in [0.1, 0.15) is 117 Å². The van der Waals surface area contributed by atoms with Gasteiger partial charge in [-0.2, -0.15) is 0 Å². The zero-order chi connectivity index (χ0) is 33.4. The number of allylic oxidation sites excluding steroid dienone is 8. The lowest BCUT2D eigenvalue weighted by Crippen LogP contribution is -2.29. The number of unbranched alkanes of at least 4 members (excludes halogenated alkanes) is 8. The summed E-state index contributed by atoms with van der Waals surface area (Å²) in [6, 6.07) is 0. The zero-order valence-corrected chi connectivity index (χ0v) is 28.5. The molecule has 0 aromatic rings. The molecule has 260 valence electrons. The van der Waals surface area contributed by atoms with E-state index in [-0.39, 0.29) is 19.4 Å². The van der Waals surface area contributed by atoms with Gasteiger partial charge in [-0.05, 0) is 51.4 Å². The number of hydrogen-bond donors (Lipinski definition) is 3. The van der Waals surface area contributed by atoms with E-state index in [4.69, 9.17) is 19.1 Å². The molecule has 0 radical (unpaired) electrons. The van der Waals surface area contributed by atoms with Crippen molar-refractivity contribution < 1.29 is 47.8 Å². The van der Waals surface area contributed by atoms with Crippen LogP contribution in [-0.4, -0.2) is 65.7 Å². The van der Waals surface area contributed by atoms with E-state index >= 15 is 0 Å². The SMILES string of the molecule is CC/C=C\C/C=C\C/C=C\C/C=C\CCCCCCCCCCC(=O)OC(COC(=O)CCC)COP(=O)(O)OCC(O)CO. The molecule has 0 bridgehead atoms. The van der Waals surface area contributed by atoms with E-state index in [1.54, 1.807) is 0 Å². The van der Waals surface area contributed by atoms with Gasteiger partial charge in [0, 0.05) is 12.8 Å². The van der Waals surface area contributed by atoms with Crippen molar-refractivity contribution in [2.75, 3.05) is 26.4 Å². The zero-order valence-electron chi connectivity index (χ0n) is 27.6. The van der Waals surface area contributed by atoms with Gasteiger partial charge >= 0.3 is 19.8 Å². The van der Waals surface area contributed by atoms with Gasteiger partial charge in [0.15, 0.2) is 6.10 Å². The molecule has 0 aliphatic heterocycles. The first-order valence-electron chi connectivity index (χ1n) is 16.6. The third kappa shape index (κ3) is 30.4. The third-order valence-electron chi connectivity index (χ3n) is 6.47. The number of aliphatic hydroxyl groups excluding tert-OH is 2. The first kappa shape index (κ1) is 42.9. The second-order valence-electron chi connectivity index (χ2n) is 10.8. The number of ether oxygens (including phenoxy) is 2. The smallest absolute Gasteiger partial charge is 0.462 e. The summed E-state index contributed by atoms with van der Waals surface area (Å²) in [4.78, 5) is 33.8. The molecule has 0 rings (SSSR count). The van der Waals surface area contributed by atoms with Crippen molar-refractivity contribution in [1.29, 1.82) is 0 Å². The van der Waals surface area contributed by atoms with Crippen LogP contribution in [0.3, 0.4) is 0 Å². The molecule has 11 heteroatoms. The molecule has 0 fully saturated rings. The maximum absolute atomic E-state index is 12.3. The Kier molecular flexibility index (Phi) is 29.2. The summed E-state index contributed by atoms with van der Waals surface area (Å²) in [5.41, 5.74) is 0. The molecule has 0 amide bonds. The minimum atomic E-state index is -4.59. The van der Waals surface area contributed by atoms with E-state index in [0.717, 1.165) is 51.4 Å². The van der Waals surface area contributed by atoms with Crippen LogP contribution in [0, 0.1) is 0 Å². The topological polar surface area (TPSA) is 149 Å². The predicted molar refractivity (Wildman–Crippen MR) is 177 cm³/mol. The first-order chi connectivity index (χ1) is 21.7. The molecule has 0 aromatic heterocycles. The molecule has 3 atom stereocenters. The van der Waals surface area contributed by atoms with E-state index in [1.165, 1.54) is 25.7 Å². The van der Waals surface area contributed by atoms with Crippen LogP contribution in [-0.2, 0) is 32.7 Å². The lowest BCUT2D eigenvalue weighted by molar-refractivity contribution is -0.161. The van der Waals surface area contributed by atoms with E-state index < -0.39 is 51.8 Å². The summed E-state index contributed by atoms with van der Waals surface area (Å²) in [6.07, 6.45) is 29.8. The minimum absolute atomic E-state index is 0.171. The van der Waals surface area contributed by atoms with Crippen molar-refractivity contribution in [3.8, 4) is 0 Å². The fourth-order valence-corrected chi connectivity index (χ4v) is 4.75. The van der Waals surface area contributed by atoms with Crippen molar-refractivity contribution in [2.24, 2.45) is 0 Å². The van der Waals surface area contributed by atoms with Gasteiger partial charge in [-0.3, -0.25) is 18.6 Å². The standard InChI is InChI=1S/C34H59O10P/c1-3-5-6-7-8-9-10-11-12-13-14-15-16-17-18-19-20-21-22-23-24-26-34(38)44-32(29-41-33(37)25-4-2)30-43-45(39,40)42-28-31(36)27-35/h5-6,8-9,11-12,14-15,31-32,35-36H,3-4,7,10,13,16-30H2,1-2H3,(H,39,40)/b6-5-,9-8-,12-11-,15-14-. The molecule has 0 aliphatic carbocycles. The van der Waals surface area contributed by atoms with Gasteiger partial charge in [0.1, 0.15) is 12.7 Å². The average Bonchev–Trinajstić information content (AvgIpc) is 3.02. The number of phosphoric acid groups is 1. The number of phosphoric ester groups is 1. The van der Waals surface area contributed by atoms with Crippen LogP contribution in [0.2, 0.25) is 0 Å². The minimum Gasteiger partial charge on any atom is -0.462 e. The Bertz CT molecular complexity index is 899. The summed E-state index contributed by atoms with van der Waals surface area (Å²) in [5, 5.41) is 18.1. The van der Waals surface area contributed by atoms with Crippen LogP contribution >= 0.6 is 7.82 Å². The largest absolute Gasteiger partial charge is 0.472 e. The van der Waals surface area contributed by atoms with Crippen molar-refractivity contribution >= 4 is 19.8 Å². The van der Waals surface area contributed by atoms with Crippen molar-refractivity contribution in [3.05, 3.63) is 48.6 Å². The highest BCUT2D eigenvalue weighted by Gasteiger charge is 2.27. The Labute approximate surface area is 271 Å². The Hall–Kier alpha value is -2.07. The van der Waals surface area contributed by atoms with Gasteiger partial charge in [0.25, 0.3) is 0 Å². The highest BCUT2D eigenvalue weighted by Crippen LogP contribution is 2.43. The maximum atomic E-state index is 12.3. The van der Waals surface area contributed by atoms with Crippen molar-refractivity contribution in [2.45, 2.75) is 129 Å². The molecule has 3 unspecified atom stereocenters. The molecule has 45 heavy (non-hydrogen) atoms. The summed E-state index contributed by atoms with van der Waals surface area (Å²) < 4.78 is 31.9. The first-order valence-corrected chi connectivity index (χ1v) is 18.1. The fourth-order valence-electron chi connectivity index (χ4n) is 3.96. The second-order valence-corrected chi connectivity index (χ2v) is 12.3. The highest BCUT2D eigenvalue weighted by atomic mass is 31.2. The van der Waals surface area contributed by atoms with E-state index in [1.807, 2.05) is 6.92 Å². The normalized spacial score (nSPS) is 14.9. The van der Waals surface area contributed by atoms with Gasteiger partial charge in [-0.15, -0.1) is 0 Å². The number of carbonyl (C=O) groups excluding carboxylic acids is 2. The third-order valence-corrected chi connectivity index (χ3v) is 7.42. The molecule has 0 aromatic carbocycles. The summed E-state index contributed by atoms with van der Waals surface area (Å²) in [7, 11) is -4.59. The predicted octanol–water partition coefficient (Wildman–Crippen LogP) is 7.43. The molecule has 0 spiro atoms. The van der Waals surface area contributed by atoms with Crippen LogP contribution in [0.25, 0.3) is 0 Å².